The molecule has 0 radical (unpaired) electrons. The van der Waals surface area contributed by atoms with Crippen molar-refractivity contribution < 1.29 is 22.7 Å². The van der Waals surface area contributed by atoms with Crippen LogP contribution in [-0.2, 0) is 14.8 Å². The van der Waals surface area contributed by atoms with Crippen molar-refractivity contribution in [2.45, 2.75) is 18.7 Å². The summed E-state index contributed by atoms with van der Waals surface area (Å²) >= 11 is 0. The second kappa shape index (κ2) is 6.92. The summed E-state index contributed by atoms with van der Waals surface area (Å²) < 4.78 is 37.6. The fourth-order valence-electron chi connectivity index (χ4n) is 2.20. The van der Waals surface area contributed by atoms with E-state index in [9.17, 15) is 13.2 Å². The molecule has 0 heterocycles. The van der Waals surface area contributed by atoms with Gasteiger partial charge in [0.05, 0.1) is 30.4 Å². The van der Waals surface area contributed by atoms with Crippen molar-refractivity contribution in [1.29, 1.82) is 0 Å². The molecule has 2 aromatic carbocycles. The summed E-state index contributed by atoms with van der Waals surface area (Å²) in [5, 5.41) is 0. The van der Waals surface area contributed by atoms with Crippen LogP contribution in [0.4, 0.5) is 5.69 Å². The van der Waals surface area contributed by atoms with E-state index in [0.29, 0.717) is 17.0 Å². The van der Waals surface area contributed by atoms with Crippen LogP contribution in [-0.4, -0.2) is 28.6 Å². The molecule has 0 saturated heterocycles. The Labute approximate surface area is 141 Å². The van der Waals surface area contributed by atoms with Gasteiger partial charge in [-0.1, -0.05) is 12.1 Å². The van der Waals surface area contributed by atoms with Crippen LogP contribution in [0.1, 0.15) is 21.5 Å². The molecule has 7 heteroatoms. The second-order valence-electron chi connectivity index (χ2n) is 5.28. The normalized spacial score (nSPS) is 11.0. The number of ether oxygens (including phenoxy) is 2. The average molecular weight is 349 g/mol. The molecule has 2 rings (SSSR count). The maximum atomic E-state index is 12.6. The van der Waals surface area contributed by atoms with Gasteiger partial charge in [0.25, 0.3) is 10.0 Å². The largest absolute Gasteiger partial charge is 0.495 e. The first kappa shape index (κ1) is 17.8. The lowest BCUT2D eigenvalue weighted by Crippen LogP contribution is -2.15. The zero-order chi connectivity index (χ0) is 17.9. The predicted molar refractivity (Wildman–Crippen MR) is 91.1 cm³/mol. The number of methoxy groups -OCH3 is 2. The van der Waals surface area contributed by atoms with Crippen molar-refractivity contribution in [3.8, 4) is 5.75 Å². The third kappa shape index (κ3) is 3.68. The molecule has 0 bridgehead atoms. The Bertz CT molecular complexity index is 875. The number of benzene rings is 2. The van der Waals surface area contributed by atoms with Crippen molar-refractivity contribution in [2.75, 3.05) is 18.9 Å². The van der Waals surface area contributed by atoms with Gasteiger partial charge >= 0.3 is 5.97 Å². The highest BCUT2D eigenvalue weighted by molar-refractivity contribution is 7.92. The highest BCUT2D eigenvalue weighted by Crippen LogP contribution is 2.28. The van der Waals surface area contributed by atoms with E-state index in [1.165, 1.54) is 26.4 Å². The Hall–Kier alpha value is -2.54. The fraction of sp³-hybridized carbons (Fsp3) is 0.235. The summed E-state index contributed by atoms with van der Waals surface area (Å²) in [6.45, 7) is 3.55. The summed E-state index contributed by atoms with van der Waals surface area (Å²) in [7, 11) is -1.17. The van der Waals surface area contributed by atoms with Crippen LogP contribution >= 0.6 is 0 Å². The van der Waals surface area contributed by atoms with Crippen molar-refractivity contribution >= 4 is 21.7 Å². The minimum absolute atomic E-state index is 0.0305. The zero-order valence-corrected chi connectivity index (χ0v) is 14.7. The van der Waals surface area contributed by atoms with Crippen molar-refractivity contribution in [1.82, 2.24) is 0 Å². The smallest absolute Gasteiger partial charge is 0.338 e. The summed E-state index contributed by atoms with van der Waals surface area (Å²) in [5.41, 5.74) is 2.05. The van der Waals surface area contributed by atoms with Crippen LogP contribution in [0.3, 0.4) is 0 Å². The molecule has 1 N–H and O–H groups in total. The van der Waals surface area contributed by atoms with Gasteiger partial charge in [-0.05, 0) is 49.2 Å². The predicted octanol–water partition coefficient (Wildman–Crippen LogP) is 2.90. The second-order valence-corrected chi connectivity index (χ2v) is 6.96. The van der Waals surface area contributed by atoms with Gasteiger partial charge in [-0.2, -0.15) is 0 Å². The van der Waals surface area contributed by atoms with E-state index in [4.69, 9.17) is 4.74 Å². The first-order valence-electron chi connectivity index (χ1n) is 7.15. The van der Waals surface area contributed by atoms with Crippen LogP contribution < -0.4 is 9.46 Å². The number of hydrogen-bond donors (Lipinski definition) is 1. The van der Waals surface area contributed by atoms with Crippen LogP contribution in [0.15, 0.2) is 41.3 Å². The number of hydrogen-bond acceptors (Lipinski definition) is 5. The Balaban J connectivity index is 2.45. The summed E-state index contributed by atoms with van der Waals surface area (Å²) in [5.74, 6) is -0.179. The number of rotatable bonds is 5. The molecular weight excluding hydrogens is 330 g/mol. The van der Waals surface area contributed by atoms with E-state index >= 15 is 0 Å². The first-order valence-corrected chi connectivity index (χ1v) is 8.63. The number of carbonyl (C=O) groups excluding carboxylic acids is 1. The van der Waals surface area contributed by atoms with E-state index in [1.807, 2.05) is 13.0 Å². The lowest BCUT2D eigenvalue weighted by Gasteiger charge is -2.13. The highest BCUT2D eigenvalue weighted by atomic mass is 32.2. The molecule has 0 fully saturated rings. The maximum absolute atomic E-state index is 12.6. The average Bonchev–Trinajstić information content (AvgIpc) is 2.54. The zero-order valence-electron chi connectivity index (χ0n) is 13.9. The lowest BCUT2D eigenvalue weighted by atomic mass is 10.1. The minimum Gasteiger partial charge on any atom is -0.495 e. The van der Waals surface area contributed by atoms with Gasteiger partial charge < -0.3 is 9.47 Å². The number of sulfonamides is 1. The first-order chi connectivity index (χ1) is 11.3. The van der Waals surface area contributed by atoms with Gasteiger partial charge in [-0.15, -0.1) is 0 Å². The number of esters is 1. The maximum Gasteiger partial charge on any atom is 0.338 e. The van der Waals surface area contributed by atoms with Gasteiger partial charge in [0.2, 0.25) is 0 Å². The van der Waals surface area contributed by atoms with Crippen LogP contribution in [0.5, 0.6) is 5.75 Å². The van der Waals surface area contributed by atoms with Crippen LogP contribution in [0.2, 0.25) is 0 Å². The molecular formula is C17H19NO5S. The van der Waals surface area contributed by atoms with Crippen molar-refractivity contribution in [3.05, 3.63) is 53.1 Å². The number of carbonyl (C=O) groups is 1. The van der Waals surface area contributed by atoms with E-state index in [2.05, 4.69) is 9.46 Å². The molecule has 0 atom stereocenters. The third-order valence-electron chi connectivity index (χ3n) is 3.52. The molecule has 0 aliphatic rings. The van der Waals surface area contributed by atoms with E-state index in [1.54, 1.807) is 25.1 Å². The van der Waals surface area contributed by atoms with Crippen LogP contribution in [0, 0.1) is 13.8 Å². The topological polar surface area (TPSA) is 81.7 Å². The number of nitrogens with one attached hydrogen (secondary N) is 1. The Morgan fingerprint density at radius 3 is 2.38 bits per heavy atom. The number of aryl methyl sites for hydroxylation is 2. The molecule has 6 nitrogen and oxygen atoms in total. The van der Waals surface area contributed by atoms with E-state index in [-0.39, 0.29) is 10.5 Å². The minimum atomic E-state index is -3.88. The molecule has 0 saturated carbocycles. The SMILES string of the molecule is COC(=O)c1cc(S(=O)(=O)Nc2cc(C)ccc2OC)ccc1C. The highest BCUT2D eigenvalue weighted by Gasteiger charge is 2.20. The van der Waals surface area contributed by atoms with E-state index < -0.39 is 16.0 Å². The van der Waals surface area contributed by atoms with Gasteiger partial charge in [-0.25, -0.2) is 13.2 Å². The standard InChI is InChI=1S/C17H19NO5S/c1-11-5-8-16(22-3)15(9-11)18-24(20,21)13-7-6-12(2)14(10-13)17(19)23-4/h5-10,18H,1-4H3. The molecule has 0 amide bonds. The monoisotopic (exact) mass is 349 g/mol. The molecule has 0 unspecified atom stereocenters. The quantitative estimate of drug-likeness (QED) is 0.840. The Kier molecular flexibility index (Phi) is 5.14. The molecule has 0 aliphatic heterocycles. The van der Waals surface area contributed by atoms with Crippen LogP contribution in [0.25, 0.3) is 0 Å². The molecule has 24 heavy (non-hydrogen) atoms. The lowest BCUT2D eigenvalue weighted by molar-refractivity contribution is 0.0599. The summed E-state index contributed by atoms with van der Waals surface area (Å²) in [6, 6.07) is 9.47. The fourth-order valence-corrected chi connectivity index (χ4v) is 3.29. The Morgan fingerprint density at radius 1 is 1.04 bits per heavy atom. The van der Waals surface area contributed by atoms with Gasteiger partial charge in [0, 0.05) is 0 Å². The van der Waals surface area contributed by atoms with Crippen molar-refractivity contribution in [2.24, 2.45) is 0 Å². The van der Waals surface area contributed by atoms with Gasteiger partial charge in [0.15, 0.2) is 0 Å². The van der Waals surface area contributed by atoms with Gasteiger partial charge in [0.1, 0.15) is 5.75 Å². The molecule has 0 aromatic heterocycles. The molecule has 128 valence electrons. The van der Waals surface area contributed by atoms with E-state index in [0.717, 1.165) is 5.56 Å². The Morgan fingerprint density at radius 2 is 1.75 bits per heavy atom. The number of anilines is 1. The molecule has 0 spiro atoms. The summed E-state index contributed by atoms with van der Waals surface area (Å²) in [4.78, 5) is 11.7. The third-order valence-corrected chi connectivity index (χ3v) is 4.89. The van der Waals surface area contributed by atoms with Gasteiger partial charge in [-0.3, -0.25) is 4.72 Å². The summed E-state index contributed by atoms with van der Waals surface area (Å²) in [6.07, 6.45) is 0. The van der Waals surface area contributed by atoms with Crippen molar-refractivity contribution in [3.63, 3.8) is 0 Å². The molecule has 0 aliphatic carbocycles. The molecule has 2 aromatic rings.